The van der Waals surface area contributed by atoms with Gasteiger partial charge in [-0.25, -0.2) is 8.42 Å². The van der Waals surface area contributed by atoms with Gasteiger partial charge in [0, 0.05) is 28.2 Å². The molecule has 0 amide bonds. The van der Waals surface area contributed by atoms with Crippen molar-refractivity contribution in [3.63, 3.8) is 0 Å². The van der Waals surface area contributed by atoms with Gasteiger partial charge in [-0.2, -0.15) is 31.8 Å². The van der Waals surface area contributed by atoms with Crippen molar-refractivity contribution >= 4 is 104 Å². The molecule has 7 N–H and O–H groups in total. The Balaban J connectivity index is 1.39. The molecular weight excluding hydrogens is 852 g/mol. The highest BCUT2D eigenvalue weighted by Gasteiger charge is 2.21. The summed E-state index contributed by atoms with van der Waals surface area (Å²) in [4.78, 5) is 11.6. The number of azo groups is 2. The average Bonchev–Trinajstić information content (AvgIpc) is 3.16. The number of sulfone groups is 1. The van der Waals surface area contributed by atoms with E-state index >= 15 is 0 Å². The summed E-state index contributed by atoms with van der Waals surface area (Å²) in [5, 5.41) is 46.4. The summed E-state index contributed by atoms with van der Waals surface area (Å²) >= 11 is 6.13. The smallest absolute Gasteiger partial charge is 0.296 e. The lowest BCUT2D eigenvalue weighted by molar-refractivity contribution is 0.473. The van der Waals surface area contributed by atoms with Gasteiger partial charge in [0.25, 0.3) is 20.2 Å². The van der Waals surface area contributed by atoms with E-state index in [1.54, 1.807) is 24.3 Å². The maximum atomic E-state index is 12.4. The summed E-state index contributed by atoms with van der Waals surface area (Å²) in [7, 11) is -13.1. The van der Waals surface area contributed by atoms with Gasteiger partial charge in [-0.15, -0.1) is 20.5 Å². The number of aromatic nitrogens is 3. The molecule has 24 heteroatoms. The van der Waals surface area contributed by atoms with Crippen molar-refractivity contribution in [1.82, 2.24) is 15.0 Å². The monoisotopic (exact) mass is 882 g/mol. The largest absolute Gasteiger partial charge is 0.506 e. The van der Waals surface area contributed by atoms with Gasteiger partial charge in [-0.3, -0.25) is 9.11 Å². The average molecular weight is 883 g/mol. The van der Waals surface area contributed by atoms with Crippen LogP contribution in [0.25, 0.3) is 10.8 Å². The van der Waals surface area contributed by atoms with E-state index in [9.17, 15) is 44.6 Å². The van der Waals surface area contributed by atoms with E-state index in [0.717, 1.165) is 12.1 Å². The molecule has 0 saturated carbocycles. The lowest BCUT2D eigenvalue weighted by Gasteiger charge is -2.13. The number of aryl methyl sites for hydroxylation is 1. The molecule has 0 aliphatic heterocycles. The molecule has 6 rings (SSSR count). The van der Waals surface area contributed by atoms with Gasteiger partial charge >= 0.3 is 0 Å². The maximum absolute atomic E-state index is 12.4. The number of hydrogen-bond acceptors (Lipinski definition) is 18. The number of phenolic OH excluding ortho intramolecular Hbond substituents is 2. The minimum absolute atomic E-state index is 0.0453. The standard InChI is InChI=1S/C35H31ClN10O10S3/c1-3-57(49,50)30-17-28(47)26(15-19(30)2)44-43-25-13-10-22-23(32(25)48)11-12-24(37-18-58(51,52)53)31(22)46-45-27-16-21(9-14-29(27)59(54,55)56)39-35-41-33(36)40-34(42-35)38-20-7-5-4-6-8-20/h4-17,37,47-48H,3,18H2,1-2H3,(H,51,52,53)(H,54,55,56)(H2,38,39,40,41,42). The third-order valence-electron chi connectivity index (χ3n) is 8.21. The summed E-state index contributed by atoms with van der Waals surface area (Å²) in [6.45, 7) is 2.99. The van der Waals surface area contributed by atoms with Crippen LogP contribution in [0.2, 0.25) is 5.28 Å². The van der Waals surface area contributed by atoms with Crippen LogP contribution in [-0.2, 0) is 30.1 Å². The van der Waals surface area contributed by atoms with Gasteiger partial charge in [-0.05, 0) is 84.8 Å². The van der Waals surface area contributed by atoms with Crippen molar-refractivity contribution in [1.29, 1.82) is 0 Å². The van der Waals surface area contributed by atoms with Crippen LogP contribution in [0.15, 0.2) is 115 Å². The number of aromatic hydroxyl groups is 2. The van der Waals surface area contributed by atoms with Crippen molar-refractivity contribution in [2.75, 3.05) is 27.6 Å². The number of nitrogens with one attached hydrogen (secondary N) is 3. The minimum Gasteiger partial charge on any atom is -0.506 e. The Morgan fingerprint density at radius 2 is 1.32 bits per heavy atom. The molecule has 306 valence electrons. The van der Waals surface area contributed by atoms with E-state index in [1.807, 2.05) is 6.07 Å². The van der Waals surface area contributed by atoms with Crippen LogP contribution in [-0.4, -0.2) is 71.2 Å². The zero-order chi connectivity index (χ0) is 42.7. The highest BCUT2D eigenvalue weighted by molar-refractivity contribution is 7.91. The van der Waals surface area contributed by atoms with Crippen LogP contribution in [0.3, 0.4) is 0 Å². The molecule has 0 aliphatic carbocycles. The molecule has 0 saturated heterocycles. The highest BCUT2D eigenvalue weighted by Crippen LogP contribution is 2.44. The molecule has 0 atom stereocenters. The van der Waals surface area contributed by atoms with E-state index in [1.165, 1.54) is 56.3 Å². The summed E-state index contributed by atoms with van der Waals surface area (Å²) in [5.41, 5.74) is 0.277. The van der Waals surface area contributed by atoms with Crippen molar-refractivity contribution in [2.24, 2.45) is 20.5 Å². The number of halogens is 1. The lowest BCUT2D eigenvalue weighted by Crippen LogP contribution is -2.13. The second-order valence-electron chi connectivity index (χ2n) is 12.3. The zero-order valence-electron chi connectivity index (χ0n) is 30.5. The number of phenols is 2. The number of anilines is 5. The van der Waals surface area contributed by atoms with E-state index < -0.39 is 58.0 Å². The lowest BCUT2D eigenvalue weighted by atomic mass is 10.1. The fraction of sp³-hybridized carbons (Fsp3) is 0.114. The Hall–Kier alpha value is -6.37. The molecule has 0 bridgehead atoms. The van der Waals surface area contributed by atoms with Gasteiger partial charge in [0.05, 0.1) is 16.3 Å². The minimum atomic E-state index is -4.91. The highest BCUT2D eigenvalue weighted by atomic mass is 35.5. The Morgan fingerprint density at radius 3 is 1.98 bits per heavy atom. The van der Waals surface area contributed by atoms with Crippen LogP contribution in [0, 0.1) is 6.92 Å². The molecule has 1 aromatic heterocycles. The first-order chi connectivity index (χ1) is 27.8. The normalized spacial score (nSPS) is 12.4. The van der Waals surface area contributed by atoms with Crippen LogP contribution in [0.1, 0.15) is 12.5 Å². The third kappa shape index (κ3) is 10.2. The molecule has 6 aromatic rings. The third-order valence-corrected chi connectivity index (χ3v) is 11.7. The number of para-hydroxylation sites is 1. The fourth-order valence-corrected chi connectivity index (χ4v) is 7.69. The summed E-state index contributed by atoms with van der Waals surface area (Å²) in [5.74, 6) is -2.10. The zero-order valence-corrected chi connectivity index (χ0v) is 33.7. The molecule has 1 heterocycles. The first-order valence-electron chi connectivity index (χ1n) is 16.8. The molecule has 0 fully saturated rings. The SMILES string of the molecule is CCS(=O)(=O)c1cc(O)c(N=Nc2ccc3c(N=Nc4cc(Nc5nc(Cl)nc(Nc6ccccc6)n5)ccc4S(=O)(=O)O)c(NCS(=O)(=O)O)ccc3c2O)cc1C. The van der Waals surface area contributed by atoms with Crippen LogP contribution in [0.4, 0.5) is 51.7 Å². The molecule has 0 spiro atoms. The predicted molar refractivity (Wildman–Crippen MR) is 219 cm³/mol. The van der Waals surface area contributed by atoms with Gasteiger partial charge in [0.1, 0.15) is 39.3 Å². The number of hydrogen-bond donors (Lipinski definition) is 7. The summed E-state index contributed by atoms with van der Waals surface area (Å²) < 4.78 is 92.4. The summed E-state index contributed by atoms with van der Waals surface area (Å²) in [6.07, 6.45) is 0. The van der Waals surface area contributed by atoms with Crippen molar-refractivity contribution in [2.45, 2.75) is 23.6 Å². The second kappa shape index (κ2) is 16.8. The number of benzene rings is 5. The molecular formula is C35H31ClN10O10S3. The number of fused-ring (bicyclic) bond motifs is 1. The number of nitrogens with zero attached hydrogens (tertiary/aromatic N) is 7. The first kappa shape index (κ1) is 42.2. The predicted octanol–water partition coefficient (Wildman–Crippen LogP) is 8.01. The quantitative estimate of drug-likeness (QED) is 0.0402. The summed E-state index contributed by atoms with van der Waals surface area (Å²) in [6, 6.07) is 20.1. The molecule has 0 aliphatic rings. The number of rotatable bonds is 14. The molecule has 59 heavy (non-hydrogen) atoms. The van der Waals surface area contributed by atoms with Crippen molar-refractivity contribution in [3.8, 4) is 11.5 Å². The van der Waals surface area contributed by atoms with Gasteiger partial charge in [0.15, 0.2) is 15.6 Å². The van der Waals surface area contributed by atoms with Crippen LogP contribution < -0.4 is 16.0 Å². The van der Waals surface area contributed by atoms with E-state index in [-0.39, 0.29) is 67.0 Å². The van der Waals surface area contributed by atoms with Gasteiger partial charge < -0.3 is 26.2 Å². The Morgan fingerprint density at radius 1 is 0.678 bits per heavy atom. The fourth-order valence-electron chi connectivity index (χ4n) is 5.44. The molecule has 20 nitrogen and oxygen atoms in total. The molecule has 0 radical (unpaired) electrons. The van der Waals surface area contributed by atoms with E-state index in [4.69, 9.17) is 11.6 Å². The maximum Gasteiger partial charge on any atom is 0.296 e. The van der Waals surface area contributed by atoms with Crippen LogP contribution in [0.5, 0.6) is 11.5 Å². The second-order valence-corrected chi connectivity index (χ2v) is 17.8. The van der Waals surface area contributed by atoms with Crippen molar-refractivity contribution < 1.29 is 44.6 Å². The van der Waals surface area contributed by atoms with E-state index in [2.05, 4.69) is 51.4 Å². The van der Waals surface area contributed by atoms with Gasteiger partial charge in [0.2, 0.25) is 17.2 Å². The Kier molecular flexibility index (Phi) is 12.1. The van der Waals surface area contributed by atoms with E-state index in [0.29, 0.717) is 11.3 Å². The van der Waals surface area contributed by atoms with Crippen LogP contribution >= 0.6 is 11.6 Å². The molecule has 0 unspecified atom stereocenters. The topological polar surface area (TPSA) is 308 Å². The first-order valence-corrected chi connectivity index (χ1v) is 21.9. The van der Waals surface area contributed by atoms with Gasteiger partial charge in [-0.1, -0.05) is 25.1 Å². The van der Waals surface area contributed by atoms with Crippen molar-refractivity contribution in [3.05, 3.63) is 95.8 Å². The Bertz CT molecular complexity index is 3010. The molecule has 5 aromatic carbocycles. The Labute approximate surface area is 341 Å².